The topological polar surface area (TPSA) is 12.0 Å². The Morgan fingerprint density at radius 2 is 2.06 bits per heavy atom. The molecule has 2 rings (SSSR count). The summed E-state index contributed by atoms with van der Waals surface area (Å²) in [5.74, 6) is 0.324. The second-order valence-electron chi connectivity index (χ2n) is 4.90. The van der Waals surface area contributed by atoms with Crippen LogP contribution in [-0.4, -0.2) is 6.54 Å². The first-order chi connectivity index (χ1) is 8.13. The fraction of sp³-hybridized carbons (Fsp3) is 0.571. The molecule has 0 spiro atoms. The van der Waals surface area contributed by atoms with Crippen LogP contribution in [0.1, 0.15) is 38.3 Å². The lowest BCUT2D eigenvalue weighted by atomic mass is 9.90. The van der Waals surface area contributed by atoms with Crippen LogP contribution in [0.25, 0.3) is 0 Å². The van der Waals surface area contributed by atoms with Crippen LogP contribution in [0.3, 0.4) is 0 Å². The molecule has 1 fully saturated rings. The lowest BCUT2D eigenvalue weighted by Crippen LogP contribution is -2.28. The number of hydrogen-bond donors (Lipinski definition) is 1. The number of benzene rings is 1. The summed E-state index contributed by atoms with van der Waals surface area (Å²) in [6.45, 7) is 4.87. The summed E-state index contributed by atoms with van der Waals surface area (Å²) >= 11 is 0. The van der Waals surface area contributed by atoms with Gasteiger partial charge in [0.1, 0.15) is 11.6 Å². The highest BCUT2D eigenvalue weighted by molar-refractivity contribution is 5.23. The van der Waals surface area contributed by atoms with E-state index in [1.807, 2.05) is 6.92 Å². The molecular formula is C14H19F2N. The number of nitrogens with one attached hydrogen (secondary N) is 1. The molecule has 1 aliphatic carbocycles. The number of hydrogen-bond acceptors (Lipinski definition) is 1. The van der Waals surface area contributed by atoms with Gasteiger partial charge in [-0.25, -0.2) is 8.78 Å². The van der Waals surface area contributed by atoms with Crippen molar-refractivity contribution < 1.29 is 8.78 Å². The Kier molecular flexibility index (Phi) is 3.77. The van der Waals surface area contributed by atoms with Crippen molar-refractivity contribution in [2.75, 3.05) is 6.54 Å². The van der Waals surface area contributed by atoms with Crippen LogP contribution in [0.5, 0.6) is 0 Å². The molecule has 1 aromatic carbocycles. The standard InChI is InChI=1S/C14H19F2N/c1-3-17-14(9(2)10-4-5-10)12-8-11(15)6-7-13(12)16/h6-10,14,17H,3-5H2,1-2H3. The van der Waals surface area contributed by atoms with Gasteiger partial charge < -0.3 is 5.32 Å². The van der Waals surface area contributed by atoms with Crippen molar-refractivity contribution in [1.29, 1.82) is 0 Å². The maximum absolute atomic E-state index is 13.8. The van der Waals surface area contributed by atoms with Gasteiger partial charge in [-0.15, -0.1) is 0 Å². The second-order valence-corrected chi connectivity index (χ2v) is 4.90. The van der Waals surface area contributed by atoms with E-state index in [0.29, 0.717) is 17.4 Å². The van der Waals surface area contributed by atoms with Crippen LogP contribution >= 0.6 is 0 Å². The Hall–Kier alpha value is -0.960. The van der Waals surface area contributed by atoms with E-state index in [4.69, 9.17) is 0 Å². The molecule has 0 heterocycles. The molecule has 0 saturated heterocycles. The van der Waals surface area contributed by atoms with Crippen molar-refractivity contribution in [1.82, 2.24) is 5.32 Å². The van der Waals surface area contributed by atoms with Gasteiger partial charge in [0.25, 0.3) is 0 Å². The Morgan fingerprint density at radius 3 is 2.65 bits per heavy atom. The van der Waals surface area contributed by atoms with Gasteiger partial charge in [0.15, 0.2) is 0 Å². The Labute approximate surface area is 101 Å². The molecule has 3 heteroatoms. The molecule has 0 aromatic heterocycles. The summed E-state index contributed by atoms with van der Waals surface area (Å²) in [6, 6.07) is 3.63. The molecule has 2 unspecified atom stereocenters. The van der Waals surface area contributed by atoms with Gasteiger partial charge in [0.05, 0.1) is 0 Å². The molecular weight excluding hydrogens is 220 g/mol. The highest BCUT2D eigenvalue weighted by Crippen LogP contribution is 2.43. The van der Waals surface area contributed by atoms with Gasteiger partial charge in [0, 0.05) is 11.6 Å². The van der Waals surface area contributed by atoms with Crippen LogP contribution in [0.15, 0.2) is 18.2 Å². The minimum absolute atomic E-state index is 0.0804. The van der Waals surface area contributed by atoms with Gasteiger partial charge in [0.2, 0.25) is 0 Å². The van der Waals surface area contributed by atoms with Crippen LogP contribution in [0.4, 0.5) is 8.78 Å². The number of rotatable bonds is 5. The van der Waals surface area contributed by atoms with E-state index in [1.54, 1.807) is 0 Å². The van der Waals surface area contributed by atoms with Crippen molar-refractivity contribution in [3.63, 3.8) is 0 Å². The summed E-state index contributed by atoms with van der Waals surface area (Å²) in [6.07, 6.45) is 2.42. The first-order valence-corrected chi connectivity index (χ1v) is 6.31. The molecule has 2 atom stereocenters. The van der Waals surface area contributed by atoms with Gasteiger partial charge >= 0.3 is 0 Å². The van der Waals surface area contributed by atoms with Gasteiger partial charge in [-0.2, -0.15) is 0 Å². The lowest BCUT2D eigenvalue weighted by molar-refractivity contribution is 0.344. The zero-order valence-corrected chi connectivity index (χ0v) is 10.3. The molecule has 1 nitrogen and oxygen atoms in total. The van der Waals surface area contributed by atoms with E-state index in [1.165, 1.54) is 31.0 Å². The molecule has 1 aliphatic rings. The summed E-state index contributed by atoms with van der Waals surface area (Å²) in [4.78, 5) is 0. The molecule has 17 heavy (non-hydrogen) atoms. The van der Waals surface area contributed by atoms with E-state index in [2.05, 4.69) is 12.2 Å². The third kappa shape index (κ3) is 2.83. The minimum atomic E-state index is -0.368. The quantitative estimate of drug-likeness (QED) is 0.826. The Morgan fingerprint density at radius 1 is 1.35 bits per heavy atom. The fourth-order valence-corrected chi connectivity index (χ4v) is 2.45. The maximum atomic E-state index is 13.8. The zero-order chi connectivity index (χ0) is 12.4. The molecule has 94 valence electrons. The number of halogens is 2. The molecule has 0 amide bonds. The second kappa shape index (κ2) is 5.13. The molecule has 1 N–H and O–H groups in total. The maximum Gasteiger partial charge on any atom is 0.128 e. The van der Waals surface area contributed by atoms with E-state index < -0.39 is 0 Å². The lowest BCUT2D eigenvalue weighted by Gasteiger charge is -2.25. The summed E-state index contributed by atoms with van der Waals surface area (Å²) in [5.41, 5.74) is 0.464. The monoisotopic (exact) mass is 239 g/mol. The highest BCUT2D eigenvalue weighted by Gasteiger charge is 2.34. The van der Waals surface area contributed by atoms with Crippen LogP contribution in [0, 0.1) is 23.5 Å². The predicted octanol–water partition coefficient (Wildman–Crippen LogP) is 3.66. The van der Waals surface area contributed by atoms with E-state index in [0.717, 1.165) is 6.54 Å². The molecule has 0 aliphatic heterocycles. The highest BCUT2D eigenvalue weighted by atomic mass is 19.1. The van der Waals surface area contributed by atoms with Gasteiger partial charge in [-0.1, -0.05) is 13.8 Å². The third-order valence-corrected chi connectivity index (χ3v) is 3.61. The van der Waals surface area contributed by atoms with Crippen LogP contribution in [-0.2, 0) is 0 Å². The minimum Gasteiger partial charge on any atom is -0.310 e. The summed E-state index contributed by atoms with van der Waals surface area (Å²) < 4.78 is 27.0. The van der Waals surface area contributed by atoms with Gasteiger partial charge in [-0.3, -0.25) is 0 Å². The first kappa shape index (κ1) is 12.5. The van der Waals surface area contributed by atoms with E-state index in [-0.39, 0.29) is 17.7 Å². The summed E-state index contributed by atoms with van der Waals surface area (Å²) in [7, 11) is 0. The molecule has 1 aromatic rings. The van der Waals surface area contributed by atoms with Crippen LogP contribution in [0.2, 0.25) is 0 Å². The van der Waals surface area contributed by atoms with Crippen molar-refractivity contribution in [2.24, 2.45) is 11.8 Å². The Bertz CT molecular complexity index is 388. The fourth-order valence-electron chi connectivity index (χ4n) is 2.45. The average Bonchev–Trinajstić information content (AvgIpc) is 3.12. The SMILES string of the molecule is CCNC(c1cc(F)ccc1F)C(C)C1CC1. The van der Waals surface area contributed by atoms with E-state index in [9.17, 15) is 8.78 Å². The largest absolute Gasteiger partial charge is 0.310 e. The van der Waals surface area contributed by atoms with Crippen molar-refractivity contribution in [2.45, 2.75) is 32.7 Å². The molecule has 0 bridgehead atoms. The van der Waals surface area contributed by atoms with Crippen molar-refractivity contribution >= 4 is 0 Å². The van der Waals surface area contributed by atoms with Gasteiger partial charge in [-0.05, 0) is 49.4 Å². The smallest absolute Gasteiger partial charge is 0.128 e. The molecule has 0 radical (unpaired) electrons. The zero-order valence-electron chi connectivity index (χ0n) is 10.3. The molecule has 1 saturated carbocycles. The normalized spacial score (nSPS) is 19.1. The van der Waals surface area contributed by atoms with E-state index >= 15 is 0 Å². The average molecular weight is 239 g/mol. The first-order valence-electron chi connectivity index (χ1n) is 6.31. The van der Waals surface area contributed by atoms with Crippen molar-refractivity contribution in [3.8, 4) is 0 Å². The van der Waals surface area contributed by atoms with Crippen molar-refractivity contribution in [3.05, 3.63) is 35.4 Å². The third-order valence-electron chi connectivity index (χ3n) is 3.61. The summed E-state index contributed by atoms with van der Waals surface area (Å²) in [5, 5.41) is 3.28. The Balaban J connectivity index is 2.27. The van der Waals surface area contributed by atoms with Crippen LogP contribution < -0.4 is 5.32 Å². The predicted molar refractivity (Wildman–Crippen MR) is 64.7 cm³/mol.